The first-order valence-electron chi connectivity index (χ1n) is 11.5. The fourth-order valence-corrected chi connectivity index (χ4v) is 4.37. The third-order valence-electron chi connectivity index (χ3n) is 5.90. The Bertz CT molecular complexity index is 1410. The number of halogens is 1. The van der Waals surface area contributed by atoms with Crippen molar-refractivity contribution in [1.82, 2.24) is 15.0 Å². The normalized spacial score (nSPS) is 14.7. The molecule has 36 heavy (non-hydrogen) atoms. The van der Waals surface area contributed by atoms with E-state index in [9.17, 15) is 9.59 Å². The van der Waals surface area contributed by atoms with Crippen molar-refractivity contribution in [3.05, 3.63) is 95.3 Å². The van der Waals surface area contributed by atoms with Gasteiger partial charge in [0.2, 0.25) is 5.91 Å². The van der Waals surface area contributed by atoms with Gasteiger partial charge in [-0.05, 0) is 46.5 Å². The molecule has 2 heterocycles. The van der Waals surface area contributed by atoms with Gasteiger partial charge in [-0.25, -0.2) is 5.01 Å². The smallest absolute Gasteiger partial charge is 0.243 e. The number of fused-ring (bicyclic) bond motifs is 1. The molecule has 1 unspecified atom stereocenters. The highest BCUT2D eigenvalue weighted by molar-refractivity contribution is 6.30. The second-order valence-electron chi connectivity index (χ2n) is 8.10. The maximum absolute atomic E-state index is 12.9. The van der Waals surface area contributed by atoms with Crippen molar-refractivity contribution in [3.63, 3.8) is 0 Å². The zero-order valence-corrected chi connectivity index (χ0v) is 20.5. The number of hydrazone groups is 1. The third-order valence-corrected chi connectivity index (χ3v) is 6.13. The third kappa shape index (κ3) is 5.48. The summed E-state index contributed by atoms with van der Waals surface area (Å²) >= 11 is 6.14. The molecule has 7 nitrogen and oxygen atoms in total. The van der Waals surface area contributed by atoms with Gasteiger partial charge in [0.1, 0.15) is 6.29 Å². The molecule has 0 fully saturated rings. The molecule has 3 aromatic carbocycles. The number of benzene rings is 3. The molecule has 1 N–H and O–H groups in total. The summed E-state index contributed by atoms with van der Waals surface area (Å²) in [4.78, 5) is 32.5. The Hall–Kier alpha value is -3.94. The number of aliphatic hydroxyl groups excluding tert-OH is 1. The predicted octanol–water partition coefficient (Wildman–Crippen LogP) is 5.22. The summed E-state index contributed by atoms with van der Waals surface area (Å²) in [7, 11) is 1.00. The van der Waals surface area contributed by atoms with Gasteiger partial charge in [-0.2, -0.15) is 5.10 Å². The molecule has 5 rings (SSSR count). The SMILES string of the molecule is CO.O=CCCC(=O)N1N=C(c2ccc(-c3cccc(Cl)c3)cc2)CC1c1ccc2nccnc2c1. The van der Waals surface area contributed by atoms with E-state index in [4.69, 9.17) is 21.8 Å². The molecule has 1 amide bonds. The predicted molar refractivity (Wildman–Crippen MR) is 141 cm³/mol. The van der Waals surface area contributed by atoms with Gasteiger partial charge in [0.15, 0.2) is 0 Å². The van der Waals surface area contributed by atoms with Gasteiger partial charge in [0, 0.05) is 43.8 Å². The number of aldehydes is 1. The van der Waals surface area contributed by atoms with Crippen molar-refractivity contribution in [1.29, 1.82) is 0 Å². The van der Waals surface area contributed by atoms with Crippen LogP contribution in [0.4, 0.5) is 0 Å². The largest absolute Gasteiger partial charge is 0.400 e. The lowest BCUT2D eigenvalue weighted by Gasteiger charge is -2.22. The molecule has 0 saturated carbocycles. The highest BCUT2D eigenvalue weighted by Crippen LogP contribution is 2.35. The van der Waals surface area contributed by atoms with Gasteiger partial charge in [0.25, 0.3) is 0 Å². The summed E-state index contributed by atoms with van der Waals surface area (Å²) in [6.45, 7) is 0. The van der Waals surface area contributed by atoms with Gasteiger partial charge >= 0.3 is 0 Å². The molecule has 8 heteroatoms. The van der Waals surface area contributed by atoms with Crippen LogP contribution in [-0.2, 0) is 9.59 Å². The maximum Gasteiger partial charge on any atom is 0.243 e. The van der Waals surface area contributed by atoms with E-state index in [1.54, 1.807) is 12.4 Å². The quantitative estimate of drug-likeness (QED) is 0.366. The molecule has 0 bridgehead atoms. The minimum absolute atomic E-state index is 0.123. The number of nitrogens with zero attached hydrogens (tertiary/aromatic N) is 4. The number of aliphatic hydroxyl groups is 1. The monoisotopic (exact) mass is 500 g/mol. The van der Waals surface area contributed by atoms with Crippen LogP contribution in [-0.4, -0.2) is 45.1 Å². The first-order valence-corrected chi connectivity index (χ1v) is 11.8. The van der Waals surface area contributed by atoms with Crippen LogP contribution >= 0.6 is 11.6 Å². The standard InChI is InChI=1S/C27H21ClN4O2.CH4O/c28-22-4-1-3-20(15-22)18-6-8-19(9-7-18)24-17-26(32(31-24)27(34)5-2-14-33)21-10-11-23-25(16-21)30-13-12-29-23;1-2/h1,3-4,6-16,26H,2,5,17H2;2H,1H3. The zero-order chi connectivity index (χ0) is 25.5. The molecular formula is C28H25ClN4O3. The molecule has 0 saturated heterocycles. The van der Waals surface area contributed by atoms with E-state index in [1.165, 1.54) is 5.01 Å². The molecule has 1 aliphatic heterocycles. The van der Waals surface area contributed by atoms with E-state index in [0.29, 0.717) is 11.4 Å². The second-order valence-corrected chi connectivity index (χ2v) is 8.54. The number of rotatable bonds is 6. The molecule has 0 spiro atoms. The highest BCUT2D eigenvalue weighted by atomic mass is 35.5. The maximum atomic E-state index is 12.9. The average Bonchev–Trinajstić information content (AvgIpc) is 3.38. The van der Waals surface area contributed by atoms with Gasteiger partial charge in [-0.15, -0.1) is 0 Å². The Morgan fingerprint density at radius 1 is 0.972 bits per heavy atom. The Labute approximate surface area is 214 Å². The van der Waals surface area contributed by atoms with Gasteiger partial charge in [-0.3, -0.25) is 14.8 Å². The molecule has 1 atom stereocenters. The van der Waals surface area contributed by atoms with E-state index in [1.807, 2.05) is 66.7 Å². The molecule has 1 aliphatic rings. The van der Waals surface area contributed by atoms with E-state index >= 15 is 0 Å². The Balaban J connectivity index is 0.00000148. The Morgan fingerprint density at radius 3 is 2.42 bits per heavy atom. The van der Waals surface area contributed by atoms with Crippen LogP contribution in [0.25, 0.3) is 22.2 Å². The van der Waals surface area contributed by atoms with E-state index in [2.05, 4.69) is 9.97 Å². The van der Waals surface area contributed by atoms with Crippen molar-refractivity contribution < 1.29 is 14.7 Å². The first kappa shape index (κ1) is 25.2. The summed E-state index contributed by atoms with van der Waals surface area (Å²) in [5.74, 6) is -0.179. The Morgan fingerprint density at radius 2 is 1.69 bits per heavy atom. The van der Waals surface area contributed by atoms with Crippen molar-refractivity contribution in [2.24, 2.45) is 5.10 Å². The van der Waals surface area contributed by atoms with Gasteiger partial charge < -0.3 is 9.90 Å². The van der Waals surface area contributed by atoms with Crippen LogP contribution in [0.2, 0.25) is 5.02 Å². The molecule has 4 aromatic rings. The second kappa shape index (κ2) is 11.7. The lowest BCUT2D eigenvalue weighted by atomic mass is 9.96. The summed E-state index contributed by atoms with van der Waals surface area (Å²) in [5, 5.41) is 13.9. The number of amides is 1. The van der Waals surface area contributed by atoms with Crippen LogP contribution in [0.3, 0.4) is 0 Å². The van der Waals surface area contributed by atoms with E-state index in [-0.39, 0.29) is 24.8 Å². The van der Waals surface area contributed by atoms with Crippen LogP contribution in [0.5, 0.6) is 0 Å². The Kier molecular flexibility index (Phi) is 8.15. The molecule has 0 aliphatic carbocycles. The average molecular weight is 501 g/mol. The van der Waals surface area contributed by atoms with Crippen molar-refractivity contribution in [2.75, 3.05) is 7.11 Å². The van der Waals surface area contributed by atoms with Gasteiger partial charge in [0.05, 0.1) is 22.8 Å². The first-order chi connectivity index (χ1) is 17.6. The number of hydrogen-bond acceptors (Lipinski definition) is 6. The van der Waals surface area contributed by atoms with Crippen molar-refractivity contribution in [2.45, 2.75) is 25.3 Å². The van der Waals surface area contributed by atoms with Crippen LogP contribution in [0.15, 0.2) is 84.2 Å². The lowest BCUT2D eigenvalue weighted by molar-refractivity contribution is -0.133. The number of carbonyl (C=O) groups is 2. The summed E-state index contributed by atoms with van der Waals surface area (Å²) < 4.78 is 0. The number of hydrogen-bond donors (Lipinski definition) is 1. The van der Waals surface area contributed by atoms with Gasteiger partial charge in [-0.1, -0.05) is 54.1 Å². The minimum atomic E-state index is -0.270. The molecule has 182 valence electrons. The summed E-state index contributed by atoms with van der Waals surface area (Å²) in [6, 6.07) is 21.3. The molecule has 0 radical (unpaired) electrons. The zero-order valence-electron chi connectivity index (χ0n) is 19.7. The topological polar surface area (TPSA) is 95.8 Å². The van der Waals surface area contributed by atoms with Crippen molar-refractivity contribution >= 4 is 40.5 Å². The fourth-order valence-electron chi connectivity index (χ4n) is 4.18. The molecular weight excluding hydrogens is 476 g/mol. The van der Waals surface area contributed by atoms with Crippen LogP contribution < -0.4 is 0 Å². The fraction of sp³-hybridized carbons (Fsp3) is 0.179. The summed E-state index contributed by atoms with van der Waals surface area (Å²) in [5.41, 5.74) is 6.34. The minimum Gasteiger partial charge on any atom is -0.400 e. The molecule has 1 aromatic heterocycles. The van der Waals surface area contributed by atoms with E-state index < -0.39 is 0 Å². The lowest BCUT2D eigenvalue weighted by Crippen LogP contribution is -2.26. The van der Waals surface area contributed by atoms with Crippen LogP contribution in [0, 0.1) is 0 Å². The van der Waals surface area contributed by atoms with Crippen molar-refractivity contribution in [3.8, 4) is 11.1 Å². The summed E-state index contributed by atoms with van der Waals surface area (Å²) in [6.07, 6.45) is 4.92. The van der Waals surface area contributed by atoms with Crippen LogP contribution in [0.1, 0.15) is 36.4 Å². The highest BCUT2D eigenvalue weighted by Gasteiger charge is 2.33. The number of carbonyl (C=O) groups excluding carboxylic acids is 2. The number of aromatic nitrogens is 2. The van der Waals surface area contributed by atoms with E-state index in [0.717, 1.165) is 52.4 Å².